The zero-order valence-electron chi connectivity index (χ0n) is 8.94. The summed E-state index contributed by atoms with van der Waals surface area (Å²) in [7, 11) is 0. The molecule has 2 heterocycles. The number of piperazine rings is 1. The fraction of sp³-hybridized carbons (Fsp3) is 0.600. The number of nitrogens with one attached hydrogen (secondary N) is 1. The van der Waals surface area contributed by atoms with Crippen molar-refractivity contribution in [3.63, 3.8) is 0 Å². The van der Waals surface area contributed by atoms with Gasteiger partial charge in [-0.1, -0.05) is 6.92 Å². The second-order valence-corrected chi connectivity index (χ2v) is 3.69. The first-order valence-corrected chi connectivity index (χ1v) is 5.31. The van der Waals surface area contributed by atoms with Crippen molar-refractivity contribution in [3.8, 4) is 0 Å². The van der Waals surface area contributed by atoms with Gasteiger partial charge in [0.15, 0.2) is 0 Å². The van der Waals surface area contributed by atoms with Gasteiger partial charge in [0.05, 0.1) is 12.5 Å². The van der Waals surface area contributed by atoms with Gasteiger partial charge in [-0.3, -0.25) is 4.79 Å². The van der Waals surface area contributed by atoms with Crippen molar-refractivity contribution in [2.24, 2.45) is 0 Å². The van der Waals surface area contributed by atoms with E-state index in [4.69, 9.17) is 0 Å². The van der Waals surface area contributed by atoms with Gasteiger partial charge in [0, 0.05) is 26.2 Å². The zero-order chi connectivity index (χ0) is 10.7. The summed E-state index contributed by atoms with van der Waals surface area (Å²) in [4.78, 5) is 22.8. The molecular formula is C10H16N4O. The smallest absolute Gasteiger partial charge is 0.272 e. The van der Waals surface area contributed by atoms with Crippen molar-refractivity contribution in [2.75, 3.05) is 32.7 Å². The third-order valence-corrected chi connectivity index (χ3v) is 2.84. The lowest BCUT2D eigenvalue weighted by atomic mass is 10.3. The quantitative estimate of drug-likeness (QED) is 0.754. The standard InChI is InChI=1S/C10H16N4O/c1-2-13-3-5-14(6-4-13)10(15)9-7-11-8-12-9/h7-8H,2-6H2,1H3,(H,11,12). The minimum atomic E-state index is 0.0586. The van der Waals surface area contributed by atoms with E-state index in [1.165, 1.54) is 6.33 Å². The lowest BCUT2D eigenvalue weighted by Gasteiger charge is -2.33. The monoisotopic (exact) mass is 208 g/mol. The minimum absolute atomic E-state index is 0.0586. The third-order valence-electron chi connectivity index (χ3n) is 2.84. The van der Waals surface area contributed by atoms with Gasteiger partial charge >= 0.3 is 0 Å². The van der Waals surface area contributed by atoms with Crippen LogP contribution in [0.15, 0.2) is 12.5 Å². The number of hydrogen-bond donors (Lipinski definition) is 1. The van der Waals surface area contributed by atoms with Crippen LogP contribution in [0.4, 0.5) is 0 Å². The molecule has 1 fully saturated rings. The Morgan fingerprint density at radius 1 is 1.47 bits per heavy atom. The van der Waals surface area contributed by atoms with E-state index in [9.17, 15) is 4.79 Å². The first-order chi connectivity index (χ1) is 7.31. The van der Waals surface area contributed by atoms with Gasteiger partial charge in [-0.15, -0.1) is 0 Å². The number of imidazole rings is 1. The number of nitrogens with zero attached hydrogens (tertiary/aromatic N) is 3. The SMILES string of the molecule is CCN1CCN(C(=O)c2cnc[nH]2)CC1. The summed E-state index contributed by atoms with van der Waals surface area (Å²) in [6.45, 7) is 6.77. The maximum Gasteiger partial charge on any atom is 0.272 e. The van der Waals surface area contributed by atoms with Crippen molar-refractivity contribution in [1.29, 1.82) is 0 Å². The van der Waals surface area contributed by atoms with Crippen LogP contribution in [0.25, 0.3) is 0 Å². The van der Waals surface area contributed by atoms with E-state index in [2.05, 4.69) is 21.8 Å². The molecule has 0 bridgehead atoms. The fourth-order valence-corrected chi connectivity index (χ4v) is 1.81. The highest BCUT2D eigenvalue weighted by Crippen LogP contribution is 2.05. The van der Waals surface area contributed by atoms with Gasteiger partial charge in [-0.05, 0) is 6.54 Å². The molecule has 5 nitrogen and oxygen atoms in total. The molecule has 1 amide bonds. The van der Waals surface area contributed by atoms with Crippen molar-refractivity contribution in [3.05, 3.63) is 18.2 Å². The summed E-state index contributed by atoms with van der Waals surface area (Å²) < 4.78 is 0. The van der Waals surface area contributed by atoms with Gasteiger partial charge in [0.2, 0.25) is 0 Å². The minimum Gasteiger partial charge on any atom is -0.341 e. The topological polar surface area (TPSA) is 52.2 Å². The highest BCUT2D eigenvalue weighted by atomic mass is 16.2. The molecule has 1 aliphatic heterocycles. The molecule has 1 aromatic rings. The largest absolute Gasteiger partial charge is 0.341 e. The molecule has 0 radical (unpaired) electrons. The second kappa shape index (κ2) is 4.44. The molecule has 1 saturated heterocycles. The fourth-order valence-electron chi connectivity index (χ4n) is 1.81. The maximum absolute atomic E-state index is 11.9. The van der Waals surface area contributed by atoms with Crippen LogP contribution in [0.5, 0.6) is 0 Å². The second-order valence-electron chi connectivity index (χ2n) is 3.69. The Morgan fingerprint density at radius 2 is 2.20 bits per heavy atom. The molecular weight excluding hydrogens is 192 g/mol. The Bertz CT molecular complexity index is 314. The molecule has 5 heteroatoms. The van der Waals surface area contributed by atoms with E-state index in [0.29, 0.717) is 5.69 Å². The van der Waals surface area contributed by atoms with Crippen molar-refractivity contribution in [2.45, 2.75) is 6.92 Å². The van der Waals surface area contributed by atoms with Gasteiger partial charge in [-0.2, -0.15) is 0 Å². The Labute approximate surface area is 89.1 Å². The Hall–Kier alpha value is -1.36. The van der Waals surface area contributed by atoms with E-state index in [1.54, 1.807) is 6.20 Å². The highest BCUT2D eigenvalue weighted by Gasteiger charge is 2.21. The number of carbonyl (C=O) groups excluding carboxylic acids is 1. The van der Waals surface area contributed by atoms with E-state index in [0.717, 1.165) is 32.7 Å². The average Bonchev–Trinajstić information content (AvgIpc) is 2.82. The molecule has 0 unspecified atom stereocenters. The van der Waals surface area contributed by atoms with Crippen LogP contribution in [0.1, 0.15) is 17.4 Å². The lowest BCUT2D eigenvalue weighted by molar-refractivity contribution is 0.0638. The Morgan fingerprint density at radius 3 is 2.73 bits per heavy atom. The first kappa shape index (κ1) is 10.2. The Kier molecular flexibility index (Phi) is 3.01. The summed E-state index contributed by atoms with van der Waals surface area (Å²) in [5.41, 5.74) is 0.583. The molecule has 15 heavy (non-hydrogen) atoms. The summed E-state index contributed by atoms with van der Waals surface area (Å²) in [6.07, 6.45) is 3.12. The molecule has 0 saturated carbocycles. The maximum atomic E-state index is 11.9. The molecule has 0 aliphatic carbocycles. The van der Waals surface area contributed by atoms with E-state index >= 15 is 0 Å². The molecule has 1 aromatic heterocycles. The molecule has 1 aliphatic rings. The molecule has 1 N–H and O–H groups in total. The van der Waals surface area contributed by atoms with Gasteiger partial charge in [0.1, 0.15) is 5.69 Å². The summed E-state index contributed by atoms with van der Waals surface area (Å²) in [5.74, 6) is 0.0586. The van der Waals surface area contributed by atoms with Gasteiger partial charge in [0.25, 0.3) is 5.91 Å². The van der Waals surface area contributed by atoms with E-state index < -0.39 is 0 Å². The van der Waals surface area contributed by atoms with Crippen LogP contribution < -0.4 is 0 Å². The van der Waals surface area contributed by atoms with Crippen LogP contribution in [-0.4, -0.2) is 58.4 Å². The van der Waals surface area contributed by atoms with Gasteiger partial charge in [-0.25, -0.2) is 4.98 Å². The normalized spacial score (nSPS) is 18.1. The van der Waals surface area contributed by atoms with E-state index in [1.807, 2.05) is 4.90 Å². The average molecular weight is 208 g/mol. The van der Waals surface area contributed by atoms with Crippen LogP contribution in [0.3, 0.4) is 0 Å². The van der Waals surface area contributed by atoms with E-state index in [-0.39, 0.29) is 5.91 Å². The van der Waals surface area contributed by atoms with Crippen molar-refractivity contribution < 1.29 is 4.79 Å². The van der Waals surface area contributed by atoms with Crippen LogP contribution in [-0.2, 0) is 0 Å². The lowest BCUT2D eigenvalue weighted by Crippen LogP contribution is -2.48. The third kappa shape index (κ3) is 2.18. The van der Waals surface area contributed by atoms with Crippen molar-refractivity contribution >= 4 is 5.91 Å². The number of rotatable bonds is 2. The summed E-state index contributed by atoms with van der Waals surface area (Å²) >= 11 is 0. The predicted molar refractivity (Wildman–Crippen MR) is 56.6 cm³/mol. The number of likely N-dealkylation sites (N-methyl/N-ethyl adjacent to an activating group) is 1. The summed E-state index contributed by atoms with van der Waals surface area (Å²) in [6, 6.07) is 0. The Balaban J connectivity index is 1.93. The molecule has 0 spiro atoms. The summed E-state index contributed by atoms with van der Waals surface area (Å²) in [5, 5.41) is 0. The van der Waals surface area contributed by atoms with Crippen LogP contribution in [0, 0.1) is 0 Å². The van der Waals surface area contributed by atoms with Gasteiger partial charge < -0.3 is 14.8 Å². The number of hydrogen-bond acceptors (Lipinski definition) is 3. The molecule has 0 aromatic carbocycles. The predicted octanol–water partition coefficient (Wildman–Crippen LogP) is 0.187. The molecule has 2 rings (SSSR count). The molecule has 82 valence electrons. The number of amides is 1. The number of H-pyrrole nitrogens is 1. The number of aromatic amines is 1. The number of carbonyl (C=O) groups is 1. The van der Waals surface area contributed by atoms with Crippen LogP contribution >= 0.6 is 0 Å². The first-order valence-electron chi connectivity index (χ1n) is 5.31. The molecule has 0 atom stereocenters. The highest BCUT2D eigenvalue weighted by molar-refractivity contribution is 5.92. The zero-order valence-corrected chi connectivity index (χ0v) is 8.94. The number of aromatic nitrogens is 2. The van der Waals surface area contributed by atoms with Crippen molar-refractivity contribution in [1.82, 2.24) is 19.8 Å². The van der Waals surface area contributed by atoms with Crippen LogP contribution in [0.2, 0.25) is 0 Å².